The molecule has 2 aliphatic rings. The van der Waals surface area contributed by atoms with Crippen molar-refractivity contribution in [1.82, 2.24) is 15.5 Å². The lowest BCUT2D eigenvalue weighted by Crippen LogP contribution is -2.23. The molecule has 1 aromatic carbocycles. The van der Waals surface area contributed by atoms with Crippen LogP contribution in [0, 0.1) is 11.8 Å². The summed E-state index contributed by atoms with van der Waals surface area (Å²) in [5.74, 6) is 3.20. The van der Waals surface area contributed by atoms with Crippen molar-refractivity contribution >= 4 is 5.91 Å². The maximum Gasteiger partial charge on any atom is 0.251 e. The largest absolute Gasteiger partial charge is 0.345 e. The van der Waals surface area contributed by atoms with Crippen molar-refractivity contribution in [3.05, 3.63) is 47.6 Å². The molecule has 114 valence electrons. The highest BCUT2D eigenvalue weighted by molar-refractivity contribution is 5.93. The number of carbonyl (C=O) groups is 1. The highest BCUT2D eigenvalue weighted by atomic mass is 16.5. The van der Waals surface area contributed by atoms with Crippen LogP contribution in [0.1, 0.15) is 53.7 Å². The second-order valence-electron chi connectivity index (χ2n) is 6.38. The molecule has 5 heteroatoms. The molecular weight excluding hydrogens is 278 g/mol. The molecule has 0 spiro atoms. The van der Waals surface area contributed by atoms with Crippen molar-refractivity contribution in [1.29, 1.82) is 0 Å². The Morgan fingerprint density at radius 3 is 2.82 bits per heavy atom. The molecule has 1 aromatic heterocycles. The van der Waals surface area contributed by atoms with E-state index < -0.39 is 0 Å². The maximum absolute atomic E-state index is 12.0. The zero-order valence-electron chi connectivity index (χ0n) is 12.4. The van der Waals surface area contributed by atoms with Gasteiger partial charge in [0.05, 0.1) is 6.54 Å². The number of nitrogens with one attached hydrogen (secondary N) is 1. The van der Waals surface area contributed by atoms with Gasteiger partial charge in [-0.15, -0.1) is 0 Å². The van der Waals surface area contributed by atoms with Gasteiger partial charge in [0, 0.05) is 11.5 Å². The molecule has 4 rings (SSSR count). The molecule has 0 radical (unpaired) electrons. The quantitative estimate of drug-likeness (QED) is 0.942. The Balaban J connectivity index is 1.37. The van der Waals surface area contributed by atoms with E-state index in [0.717, 1.165) is 17.7 Å². The van der Waals surface area contributed by atoms with Crippen LogP contribution in [0.5, 0.6) is 0 Å². The Morgan fingerprint density at radius 2 is 2.09 bits per heavy atom. The van der Waals surface area contributed by atoms with Crippen molar-refractivity contribution in [2.75, 3.05) is 0 Å². The number of amides is 1. The Kier molecular flexibility index (Phi) is 3.41. The normalized spacial score (nSPS) is 26.3. The fourth-order valence-electron chi connectivity index (χ4n) is 3.89. The van der Waals surface area contributed by atoms with E-state index in [-0.39, 0.29) is 5.91 Å². The predicted molar refractivity (Wildman–Crippen MR) is 80.1 cm³/mol. The van der Waals surface area contributed by atoms with Gasteiger partial charge in [-0.2, -0.15) is 4.98 Å². The van der Waals surface area contributed by atoms with Gasteiger partial charge in [0.1, 0.15) is 0 Å². The van der Waals surface area contributed by atoms with Crippen LogP contribution in [0.2, 0.25) is 0 Å². The number of hydrogen-bond donors (Lipinski definition) is 1. The van der Waals surface area contributed by atoms with Gasteiger partial charge >= 0.3 is 0 Å². The number of aromatic nitrogens is 2. The van der Waals surface area contributed by atoms with Gasteiger partial charge in [0.2, 0.25) is 5.89 Å². The molecule has 1 heterocycles. The first kappa shape index (κ1) is 13.5. The first-order valence-electron chi connectivity index (χ1n) is 7.95. The number of nitrogens with zero attached hydrogens (tertiary/aromatic N) is 2. The SMILES string of the molecule is O=C(NCc1noc([C@H]2C[C@H]3CC[C@H]2C3)n1)c1ccccc1. The number of hydrogen-bond acceptors (Lipinski definition) is 4. The van der Waals surface area contributed by atoms with Gasteiger partial charge in [-0.3, -0.25) is 4.79 Å². The average molecular weight is 297 g/mol. The van der Waals surface area contributed by atoms with Crippen molar-refractivity contribution in [3.8, 4) is 0 Å². The summed E-state index contributed by atoms with van der Waals surface area (Å²) in [6.07, 6.45) is 5.14. The van der Waals surface area contributed by atoms with Crippen molar-refractivity contribution in [3.63, 3.8) is 0 Å². The summed E-state index contributed by atoms with van der Waals surface area (Å²) >= 11 is 0. The predicted octanol–water partition coefficient (Wildman–Crippen LogP) is 2.90. The average Bonchev–Trinajstić information content (AvgIpc) is 3.29. The monoisotopic (exact) mass is 297 g/mol. The highest BCUT2D eigenvalue weighted by Crippen LogP contribution is 2.52. The molecule has 2 saturated carbocycles. The number of fused-ring (bicyclic) bond motifs is 2. The molecule has 1 N–H and O–H groups in total. The van der Waals surface area contributed by atoms with Crippen LogP contribution in [0.4, 0.5) is 0 Å². The summed E-state index contributed by atoms with van der Waals surface area (Å²) in [4.78, 5) is 16.5. The summed E-state index contributed by atoms with van der Waals surface area (Å²) in [7, 11) is 0. The summed E-state index contributed by atoms with van der Waals surface area (Å²) in [6, 6.07) is 9.14. The van der Waals surface area contributed by atoms with Crippen molar-refractivity contribution in [2.45, 2.75) is 38.1 Å². The zero-order chi connectivity index (χ0) is 14.9. The lowest BCUT2D eigenvalue weighted by molar-refractivity contribution is 0.0949. The lowest BCUT2D eigenvalue weighted by atomic mass is 9.89. The molecule has 2 bridgehead atoms. The summed E-state index contributed by atoms with van der Waals surface area (Å²) in [6.45, 7) is 0.304. The van der Waals surface area contributed by atoms with Crippen molar-refractivity contribution < 1.29 is 9.32 Å². The minimum absolute atomic E-state index is 0.119. The van der Waals surface area contributed by atoms with E-state index >= 15 is 0 Å². The molecule has 3 atom stereocenters. The third-order valence-corrected chi connectivity index (χ3v) is 4.98. The van der Waals surface area contributed by atoms with E-state index in [1.165, 1.54) is 25.7 Å². The van der Waals surface area contributed by atoms with E-state index in [1.807, 2.05) is 18.2 Å². The maximum atomic E-state index is 12.0. The van der Waals surface area contributed by atoms with Crippen LogP contribution in [-0.4, -0.2) is 16.0 Å². The molecule has 0 saturated heterocycles. The first-order chi connectivity index (χ1) is 10.8. The van der Waals surface area contributed by atoms with Gasteiger partial charge in [-0.05, 0) is 43.2 Å². The number of carbonyl (C=O) groups excluding carboxylic acids is 1. The van der Waals surface area contributed by atoms with E-state index in [0.29, 0.717) is 23.9 Å². The Labute approximate surface area is 129 Å². The van der Waals surface area contributed by atoms with Gasteiger partial charge < -0.3 is 9.84 Å². The van der Waals surface area contributed by atoms with Gasteiger partial charge in [-0.1, -0.05) is 29.8 Å². The standard InChI is InChI=1S/C17H19N3O2/c21-16(12-4-2-1-3-5-12)18-10-15-19-17(22-20-15)14-9-11-6-7-13(14)8-11/h1-5,11,13-14H,6-10H2,(H,18,21)/t11-,13-,14-/m0/s1. The van der Waals surface area contributed by atoms with Gasteiger partial charge in [-0.25, -0.2) is 0 Å². The third-order valence-electron chi connectivity index (χ3n) is 4.98. The molecule has 0 aliphatic heterocycles. The molecule has 5 nitrogen and oxygen atoms in total. The van der Waals surface area contributed by atoms with Gasteiger partial charge in [0.15, 0.2) is 5.82 Å². The zero-order valence-corrected chi connectivity index (χ0v) is 12.4. The minimum atomic E-state index is -0.119. The first-order valence-corrected chi connectivity index (χ1v) is 7.95. The summed E-state index contributed by atoms with van der Waals surface area (Å²) in [5, 5.41) is 6.84. The molecule has 22 heavy (non-hydrogen) atoms. The number of rotatable bonds is 4. The fourth-order valence-corrected chi connectivity index (χ4v) is 3.89. The second kappa shape index (κ2) is 5.55. The molecule has 2 fully saturated rings. The topological polar surface area (TPSA) is 68.0 Å². The van der Waals surface area contributed by atoms with E-state index in [4.69, 9.17) is 4.52 Å². The highest BCUT2D eigenvalue weighted by Gasteiger charge is 2.42. The van der Waals surface area contributed by atoms with Crippen LogP contribution in [0.3, 0.4) is 0 Å². The van der Waals surface area contributed by atoms with E-state index in [1.54, 1.807) is 12.1 Å². The molecule has 0 unspecified atom stereocenters. The van der Waals surface area contributed by atoms with Crippen LogP contribution in [-0.2, 0) is 6.54 Å². The minimum Gasteiger partial charge on any atom is -0.345 e. The summed E-state index contributed by atoms with van der Waals surface area (Å²) in [5.41, 5.74) is 0.638. The fraction of sp³-hybridized carbons (Fsp3) is 0.471. The van der Waals surface area contributed by atoms with Crippen molar-refractivity contribution in [2.24, 2.45) is 11.8 Å². The lowest BCUT2D eigenvalue weighted by Gasteiger charge is -2.16. The smallest absolute Gasteiger partial charge is 0.251 e. The Bertz CT molecular complexity index is 668. The number of benzene rings is 1. The van der Waals surface area contributed by atoms with Crippen LogP contribution in [0.25, 0.3) is 0 Å². The van der Waals surface area contributed by atoms with Crippen LogP contribution < -0.4 is 5.32 Å². The molecular formula is C17H19N3O2. The van der Waals surface area contributed by atoms with Crippen LogP contribution >= 0.6 is 0 Å². The molecule has 1 amide bonds. The van der Waals surface area contributed by atoms with Crippen LogP contribution in [0.15, 0.2) is 34.9 Å². The second-order valence-corrected chi connectivity index (χ2v) is 6.38. The Hall–Kier alpha value is -2.17. The van der Waals surface area contributed by atoms with E-state index in [9.17, 15) is 4.79 Å². The van der Waals surface area contributed by atoms with E-state index in [2.05, 4.69) is 15.5 Å². The molecule has 2 aromatic rings. The van der Waals surface area contributed by atoms with Gasteiger partial charge in [0.25, 0.3) is 5.91 Å². The summed E-state index contributed by atoms with van der Waals surface area (Å²) < 4.78 is 5.43. The third kappa shape index (κ3) is 2.51. The Morgan fingerprint density at radius 1 is 1.23 bits per heavy atom. The molecule has 2 aliphatic carbocycles.